The average Bonchev–Trinajstić information content (AvgIpc) is 3.46. The Morgan fingerprint density at radius 1 is 0.902 bits per heavy atom. The van der Waals surface area contributed by atoms with Gasteiger partial charge in [-0.15, -0.1) is 23.4 Å². The van der Waals surface area contributed by atoms with Crippen LogP contribution in [0.3, 0.4) is 0 Å². The second-order valence-electron chi connectivity index (χ2n) is 9.94. The molecule has 0 spiro atoms. The standard InChI is InChI=1S/C29H31F3N4O5/c30-29(31,32)41-22-15-13-20(14-16-22)24(38)34-28(17-7-3-8-18-28)27(39)33-19-9-2-6-12-23(37)26-36-35-25(40-26)21-10-4-1-5-11-21/h1,4-5,10-11,13-16H,2-3,6-9,12,17-19H2,(H,33,39)(H,34,38). The van der Waals surface area contributed by atoms with Gasteiger partial charge in [-0.3, -0.25) is 14.4 Å². The minimum Gasteiger partial charge on any atom is -0.414 e. The molecular weight excluding hydrogens is 541 g/mol. The summed E-state index contributed by atoms with van der Waals surface area (Å²) in [6.45, 7) is 0.368. The highest BCUT2D eigenvalue weighted by Gasteiger charge is 2.41. The Labute approximate surface area is 234 Å². The molecule has 0 saturated heterocycles. The van der Waals surface area contributed by atoms with E-state index in [1.54, 1.807) is 0 Å². The summed E-state index contributed by atoms with van der Waals surface area (Å²) >= 11 is 0. The van der Waals surface area contributed by atoms with Gasteiger partial charge in [0.25, 0.3) is 11.8 Å². The van der Waals surface area contributed by atoms with E-state index >= 15 is 0 Å². The number of aromatic nitrogens is 2. The van der Waals surface area contributed by atoms with Gasteiger partial charge >= 0.3 is 6.36 Å². The molecule has 41 heavy (non-hydrogen) atoms. The van der Waals surface area contributed by atoms with Crippen molar-refractivity contribution >= 4 is 17.6 Å². The summed E-state index contributed by atoms with van der Waals surface area (Å²) in [5.41, 5.74) is -0.241. The molecule has 0 aliphatic heterocycles. The van der Waals surface area contributed by atoms with Crippen LogP contribution in [0.4, 0.5) is 13.2 Å². The molecule has 1 heterocycles. The van der Waals surface area contributed by atoms with Crippen LogP contribution in [0.25, 0.3) is 11.5 Å². The second-order valence-corrected chi connectivity index (χ2v) is 9.94. The summed E-state index contributed by atoms with van der Waals surface area (Å²) in [6, 6.07) is 13.7. The van der Waals surface area contributed by atoms with Crippen LogP contribution in [0.1, 0.15) is 78.8 Å². The lowest BCUT2D eigenvalue weighted by molar-refractivity contribution is -0.274. The fourth-order valence-electron chi connectivity index (χ4n) is 4.76. The molecular formula is C29H31F3N4O5. The van der Waals surface area contributed by atoms with E-state index in [1.165, 1.54) is 12.1 Å². The summed E-state index contributed by atoms with van der Waals surface area (Å²) < 4.78 is 46.6. The molecule has 2 N–H and O–H groups in total. The molecule has 0 radical (unpaired) electrons. The number of carbonyl (C=O) groups excluding carboxylic acids is 3. The molecule has 2 amide bonds. The number of hydrogen-bond acceptors (Lipinski definition) is 7. The van der Waals surface area contributed by atoms with Gasteiger partial charge in [-0.1, -0.05) is 43.9 Å². The third-order valence-electron chi connectivity index (χ3n) is 6.90. The maximum absolute atomic E-state index is 13.2. The number of alkyl halides is 3. The third-order valence-corrected chi connectivity index (χ3v) is 6.90. The van der Waals surface area contributed by atoms with Crippen LogP contribution < -0.4 is 15.4 Å². The highest BCUT2D eigenvalue weighted by molar-refractivity contribution is 5.99. The van der Waals surface area contributed by atoms with Gasteiger partial charge in [-0.25, -0.2) is 0 Å². The lowest BCUT2D eigenvalue weighted by Crippen LogP contribution is -2.59. The smallest absolute Gasteiger partial charge is 0.414 e. The van der Waals surface area contributed by atoms with Crippen LogP contribution in [0.5, 0.6) is 5.75 Å². The maximum Gasteiger partial charge on any atom is 0.573 e. The fraction of sp³-hybridized carbons (Fsp3) is 0.414. The quantitative estimate of drug-likeness (QED) is 0.213. The number of rotatable bonds is 12. The van der Waals surface area contributed by atoms with E-state index in [0.717, 1.165) is 37.0 Å². The van der Waals surface area contributed by atoms with E-state index < -0.39 is 23.6 Å². The zero-order chi connectivity index (χ0) is 29.3. The molecule has 1 aromatic heterocycles. The van der Waals surface area contributed by atoms with Crippen LogP contribution in [0.15, 0.2) is 59.0 Å². The Morgan fingerprint density at radius 3 is 2.29 bits per heavy atom. The normalized spacial score (nSPS) is 14.7. The van der Waals surface area contributed by atoms with Gasteiger partial charge in [0, 0.05) is 24.1 Å². The van der Waals surface area contributed by atoms with E-state index in [9.17, 15) is 27.6 Å². The van der Waals surface area contributed by atoms with Gasteiger partial charge in [0.2, 0.25) is 17.6 Å². The van der Waals surface area contributed by atoms with Crippen molar-refractivity contribution in [2.24, 2.45) is 0 Å². The number of ether oxygens (including phenoxy) is 1. The van der Waals surface area contributed by atoms with Crippen molar-refractivity contribution in [1.82, 2.24) is 20.8 Å². The number of nitrogens with zero attached hydrogens (tertiary/aromatic N) is 2. The molecule has 1 aliphatic rings. The number of carbonyl (C=O) groups is 3. The van der Waals surface area contributed by atoms with Crippen LogP contribution in [-0.2, 0) is 4.79 Å². The number of unbranched alkanes of at least 4 members (excludes halogenated alkanes) is 2. The number of nitrogens with one attached hydrogen (secondary N) is 2. The number of Topliss-reactive ketones (excluding diaryl/α,β-unsaturated/α-hetero) is 1. The summed E-state index contributed by atoms with van der Waals surface area (Å²) in [5, 5.41) is 13.5. The predicted octanol–water partition coefficient (Wildman–Crippen LogP) is 5.63. The number of ketones is 1. The van der Waals surface area contributed by atoms with E-state index in [1.807, 2.05) is 30.3 Å². The van der Waals surface area contributed by atoms with E-state index in [4.69, 9.17) is 4.42 Å². The van der Waals surface area contributed by atoms with Crippen LogP contribution >= 0.6 is 0 Å². The summed E-state index contributed by atoms with van der Waals surface area (Å²) in [4.78, 5) is 38.5. The van der Waals surface area contributed by atoms with Crippen LogP contribution in [0.2, 0.25) is 0 Å². The van der Waals surface area contributed by atoms with Crippen molar-refractivity contribution in [3.05, 3.63) is 66.1 Å². The summed E-state index contributed by atoms with van der Waals surface area (Å²) in [6.07, 6.45) is 0.670. The molecule has 0 bridgehead atoms. The van der Waals surface area contributed by atoms with Gasteiger partial charge in [0.1, 0.15) is 11.3 Å². The Bertz CT molecular complexity index is 1320. The second kappa shape index (κ2) is 13.4. The largest absolute Gasteiger partial charge is 0.573 e. The van der Waals surface area contributed by atoms with Crippen LogP contribution in [-0.4, -0.2) is 46.2 Å². The van der Waals surface area contributed by atoms with Crippen molar-refractivity contribution < 1.29 is 36.7 Å². The molecule has 1 aliphatic carbocycles. The minimum absolute atomic E-state index is 0.0327. The van der Waals surface area contributed by atoms with Crippen LogP contribution in [0, 0.1) is 0 Å². The Kier molecular flexibility index (Phi) is 9.74. The third kappa shape index (κ3) is 8.38. The lowest BCUT2D eigenvalue weighted by atomic mass is 9.80. The Hall–Kier alpha value is -4.22. The first-order chi connectivity index (χ1) is 19.7. The maximum atomic E-state index is 13.2. The number of hydrogen-bond donors (Lipinski definition) is 2. The van der Waals surface area contributed by atoms with Gasteiger partial charge in [-0.05, 0) is 62.1 Å². The monoisotopic (exact) mass is 572 g/mol. The zero-order valence-electron chi connectivity index (χ0n) is 22.3. The van der Waals surface area contributed by atoms with Crippen molar-refractivity contribution in [1.29, 1.82) is 0 Å². The molecule has 4 rings (SSSR count). The average molecular weight is 573 g/mol. The highest BCUT2D eigenvalue weighted by atomic mass is 19.4. The Balaban J connectivity index is 1.22. The molecule has 2 aromatic carbocycles. The first-order valence-corrected chi connectivity index (χ1v) is 13.5. The highest BCUT2D eigenvalue weighted by Crippen LogP contribution is 2.29. The van der Waals surface area contributed by atoms with E-state index in [2.05, 4.69) is 25.6 Å². The molecule has 12 heteroatoms. The minimum atomic E-state index is -4.83. The number of benzene rings is 2. The SMILES string of the molecule is O=C(NC1(C(=O)NCCCCCC(=O)c2nnc(-c3ccccc3)o2)CCCCC1)c1ccc(OC(F)(F)F)cc1. The topological polar surface area (TPSA) is 123 Å². The molecule has 9 nitrogen and oxygen atoms in total. The number of amides is 2. The molecule has 3 aromatic rings. The zero-order valence-corrected chi connectivity index (χ0v) is 22.3. The van der Waals surface area contributed by atoms with E-state index in [0.29, 0.717) is 38.6 Å². The number of halogens is 3. The molecule has 1 saturated carbocycles. The van der Waals surface area contributed by atoms with Gasteiger partial charge in [0.05, 0.1) is 0 Å². The Morgan fingerprint density at radius 2 is 1.61 bits per heavy atom. The molecule has 1 fully saturated rings. The van der Waals surface area contributed by atoms with E-state index in [-0.39, 0.29) is 35.5 Å². The lowest BCUT2D eigenvalue weighted by Gasteiger charge is -2.36. The summed E-state index contributed by atoms with van der Waals surface area (Å²) in [5.74, 6) is -1.27. The molecule has 218 valence electrons. The predicted molar refractivity (Wildman–Crippen MR) is 142 cm³/mol. The van der Waals surface area contributed by atoms with Crippen molar-refractivity contribution in [3.63, 3.8) is 0 Å². The first kappa shape index (κ1) is 29.8. The molecule has 0 atom stereocenters. The molecule has 0 unspecified atom stereocenters. The van der Waals surface area contributed by atoms with Gasteiger partial charge in [-0.2, -0.15) is 0 Å². The van der Waals surface area contributed by atoms with Crippen molar-refractivity contribution in [2.45, 2.75) is 69.7 Å². The summed E-state index contributed by atoms with van der Waals surface area (Å²) in [7, 11) is 0. The van der Waals surface area contributed by atoms with Gasteiger partial charge in [0.15, 0.2) is 0 Å². The van der Waals surface area contributed by atoms with Crippen molar-refractivity contribution in [3.8, 4) is 17.2 Å². The van der Waals surface area contributed by atoms with Crippen molar-refractivity contribution in [2.75, 3.05) is 6.54 Å². The fourth-order valence-corrected chi connectivity index (χ4v) is 4.76. The first-order valence-electron chi connectivity index (χ1n) is 13.5. The van der Waals surface area contributed by atoms with Gasteiger partial charge < -0.3 is 19.8 Å².